The fourth-order valence-electron chi connectivity index (χ4n) is 2.73. The second-order valence-electron chi connectivity index (χ2n) is 4.93. The Morgan fingerprint density at radius 1 is 1.32 bits per heavy atom. The highest BCUT2D eigenvalue weighted by molar-refractivity contribution is 5.89. The highest BCUT2D eigenvalue weighted by Crippen LogP contribution is 2.38. The summed E-state index contributed by atoms with van der Waals surface area (Å²) in [6, 6.07) is 8.62. The number of esters is 2. The molecule has 0 amide bonds. The lowest BCUT2D eigenvalue weighted by Crippen LogP contribution is -2.30. The van der Waals surface area contributed by atoms with Crippen LogP contribution in [-0.2, 0) is 14.3 Å². The quantitative estimate of drug-likeness (QED) is 0.802. The number of benzene rings is 1. The molecule has 1 N–H and O–H groups in total. The summed E-state index contributed by atoms with van der Waals surface area (Å²) in [7, 11) is 0. The molecule has 4 atom stereocenters. The maximum atomic E-state index is 11.9. The summed E-state index contributed by atoms with van der Waals surface area (Å²) in [6.07, 6.45) is -1.18. The van der Waals surface area contributed by atoms with Gasteiger partial charge in [0.15, 0.2) is 0 Å². The zero-order chi connectivity index (χ0) is 13.4. The topological polar surface area (TPSA) is 72.8 Å². The molecule has 1 heterocycles. The van der Waals surface area contributed by atoms with Crippen LogP contribution in [0, 0.1) is 5.92 Å². The van der Waals surface area contributed by atoms with Crippen molar-refractivity contribution in [3.63, 3.8) is 0 Å². The molecular formula is C14H14O5. The van der Waals surface area contributed by atoms with Crippen LogP contribution in [0.15, 0.2) is 30.3 Å². The van der Waals surface area contributed by atoms with Crippen molar-refractivity contribution in [3.8, 4) is 0 Å². The van der Waals surface area contributed by atoms with Crippen LogP contribution in [0.3, 0.4) is 0 Å². The van der Waals surface area contributed by atoms with Gasteiger partial charge in [0.05, 0.1) is 18.1 Å². The molecule has 0 radical (unpaired) electrons. The molecule has 1 aliphatic carbocycles. The van der Waals surface area contributed by atoms with E-state index in [1.165, 1.54) is 0 Å². The predicted octanol–water partition coefficient (Wildman–Crippen LogP) is 0.908. The van der Waals surface area contributed by atoms with Gasteiger partial charge in [-0.25, -0.2) is 4.79 Å². The maximum Gasteiger partial charge on any atom is 0.338 e. The first-order chi connectivity index (χ1) is 9.15. The molecule has 0 bridgehead atoms. The minimum absolute atomic E-state index is 0.200. The molecular weight excluding hydrogens is 248 g/mol. The normalized spacial score (nSPS) is 32.8. The number of hydrogen-bond acceptors (Lipinski definition) is 5. The highest BCUT2D eigenvalue weighted by atomic mass is 16.6. The lowest BCUT2D eigenvalue weighted by molar-refractivity contribution is -0.142. The molecule has 0 aromatic heterocycles. The molecule has 19 heavy (non-hydrogen) atoms. The van der Waals surface area contributed by atoms with Crippen molar-refractivity contribution in [3.05, 3.63) is 35.9 Å². The van der Waals surface area contributed by atoms with E-state index in [0.717, 1.165) is 0 Å². The monoisotopic (exact) mass is 262 g/mol. The lowest BCUT2D eigenvalue weighted by Gasteiger charge is -2.17. The standard InChI is InChI=1S/C14H14O5/c15-12-6-9-10(18-12)7-11(13(9)16)19-14(17)8-4-2-1-3-5-8/h1-5,9-11,13,16H,6-7H2. The second-order valence-corrected chi connectivity index (χ2v) is 4.93. The molecule has 1 aromatic carbocycles. The minimum Gasteiger partial charge on any atom is -0.462 e. The van der Waals surface area contributed by atoms with E-state index in [0.29, 0.717) is 12.0 Å². The van der Waals surface area contributed by atoms with E-state index < -0.39 is 18.2 Å². The summed E-state index contributed by atoms with van der Waals surface area (Å²) < 4.78 is 10.4. The number of aliphatic hydroxyl groups excluding tert-OH is 1. The lowest BCUT2D eigenvalue weighted by atomic mass is 10.0. The van der Waals surface area contributed by atoms with Gasteiger partial charge < -0.3 is 14.6 Å². The summed E-state index contributed by atoms with van der Waals surface area (Å²) in [5.74, 6) is -1.00. The number of rotatable bonds is 2. The van der Waals surface area contributed by atoms with Crippen LogP contribution >= 0.6 is 0 Å². The average Bonchev–Trinajstić information content (AvgIpc) is 2.90. The SMILES string of the molecule is O=C1CC2C(CC(OC(=O)c3ccccc3)C2O)O1. The first-order valence-corrected chi connectivity index (χ1v) is 6.29. The van der Waals surface area contributed by atoms with E-state index in [2.05, 4.69) is 0 Å². The molecule has 1 saturated carbocycles. The highest BCUT2D eigenvalue weighted by Gasteiger charge is 2.51. The Hall–Kier alpha value is -1.88. The first kappa shape index (κ1) is 12.2. The number of hydrogen-bond donors (Lipinski definition) is 1. The molecule has 2 fully saturated rings. The van der Waals surface area contributed by atoms with Crippen LogP contribution in [0.1, 0.15) is 23.2 Å². The van der Waals surface area contributed by atoms with Crippen LogP contribution in [-0.4, -0.2) is 35.4 Å². The number of carbonyl (C=O) groups excluding carboxylic acids is 2. The van der Waals surface area contributed by atoms with Gasteiger partial charge in [0.25, 0.3) is 0 Å². The van der Waals surface area contributed by atoms with Gasteiger partial charge in [-0.15, -0.1) is 0 Å². The van der Waals surface area contributed by atoms with Crippen molar-refractivity contribution < 1.29 is 24.2 Å². The third kappa shape index (κ3) is 2.21. The van der Waals surface area contributed by atoms with E-state index in [4.69, 9.17) is 9.47 Å². The summed E-state index contributed by atoms with van der Waals surface area (Å²) in [5.41, 5.74) is 0.448. The van der Waals surface area contributed by atoms with Gasteiger partial charge in [0.1, 0.15) is 12.2 Å². The molecule has 1 aromatic rings. The van der Waals surface area contributed by atoms with Crippen molar-refractivity contribution in [1.82, 2.24) is 0 Å². The van der Waals surface area contributed by atoms with Gasteiger partial charge in [0, 0.05) is 12.3 Å². The smallest absolute Gasteiger partial charge is 0.338 e. The Morgan fingerprint density at radius 3 is 2.74 bits per heavy atom. The van der Waals surface area contributed by atoms with Crippen LogP contribution in [0.2, 0.25) is 0 Å². The molecule has 5 heteroatoms. The average molecular weight is 262 g/mol. The van der Waals surface area contributed by atoms with Crippen molar-refractivity contribution in [2.45, 2.75) is 31.2 Å². The summed E-state index contributed by atoms with van der Waals surface area (Å²) in [5, 5.41) is 10.1. The third-order valence-electron chi connectivity index (χ3n) is 3.71. The Balaban J connectivity index is 1.66. The van der Waals surface area contributed by atoms with Crippen molar-refractivity contribution in [1.29, 1.82) is 0 Å². The zero-order valence-electron chi connectivity index (χ0n) is 10.2. The van der Waals surface area contributed by atoms with Gasteiger partial charge in [-0.3, -0.25) is 4.79 Å². The minimum atomic E-state index is -0.830. The van der Waals surface area contributed by atoms with Crippen LogP contribution in [0.4, 0.5) is 0 Å². The second kappa shape index (κ2) is 4.66. The molecule has 1 saturated heterocycles. The summed E-state index contributed by atoms with van der Waals surface area (Å²) in [4.78, 5) is 23.0. The number of carbonyl (C=O) groups is 2. The summed E-state index contributed by atoms with van der Waals surface area (Å²) in [6.45, 7) is 0. The molecule has 0 spiro atoms. The number of aliphatic hydroxyl groups is 1. The fraction of sp³-hybridized carbons (Fsp3) is 0.429. The Morgan fingerprint density at radius 2 is 2.05 bits per heavy atom. The summed E-state index contributed by atoms with van der Waals surface area (Å²) >= 11 is 0. The van der Waals surface area contributed by atoms with Crippen LogP contribution in [0.5, 0.6) is 0 Å². The molecule has 5 nitrogen and oxygen atoms in total. The van der Waals surface area contributed by atoms with Gasteiger partial charge in [-0.05, 0) is 12.1 Å². The van der Waals surface area contributed by atoms with Crippen LogP contribution < -0.4 is 0 Å². The van der Waals surface area contributed by atoms with Crippen molar-refractivity contribution in [2.75, 3.05) is 0 Å². The van der Waals surface area contributed by atoms with Gasteiger partial charge in [-0.1, -0.05) is 18.2 Å². The van der Waals surface area contributed by atoms with Gasteiger partial charge >= 0.3 is 11.9 Å². The van der Waals surface area contributed by atoms with Gasteiger partial charge in [0.2, 0.25) is 0 Å². The Kier molecular flexibility index (Phi) is 2.98. The molecule has 100 valence electrons. The Bertz CT molecular complexity index is 498. The largest absolute Gasteiger partial charge is 0.462 e. The van der Waals surface area contributed by atoms with Crippen LogP contribution in [0.25, 0.3) is 0 Å². The third-order valence-corrected chi connectivity index (χ3v) is 3.71. The fourth-order valence-corrected chi connectivity index (χ4v) is 2.73. The maximum absolute atomic E-state index is 11.9. The first-order valence-electron chi connectivity index (χ1n) is 6.29. The predicted molar refractivity (Wildman–Crippen MR) is 64.3 cm³/mol. The van der Waals surface area contributed by atoms with E-state index >= 15 is 0 Å². The molecule has 3 rings (SSSR count). The number of ether oxygens (including phenoxy) is 2. The van der Waals surface area contributed by atoms with Crippen molar-refractivity contribution in [2.24, 2.45) is 5.92 Å². The van der Waals surface area contributed by atoms with E-state index in [9.17, 15) is 14.7 Å². The van der Waals surface area contributed by atoms with Crippen molar-refractivity contribution >= 4 is 11.9 Å². The number of fused-ring (bicyclic) bond motifs is 1. The zero-order valence-corrected chi connectivity index (χ0v) is 10.2. The van der Waals surface area contributed by atoms with Gasteiger partial charge in [-0.2, -0.15) is 0 Å². The Labute approximate surface area is 110 Å². The van der Waals surface area contributed by atoms with E-state index in [1.54, 1.807) is 24.3 Å². The van der Waals surface area contributed by atoms with E-state index in [-0.39, 0.29) is 24.4 Å². The van der Waals surface area contributed by atoms with E-state index in [1.807, 2.05) is 6.07 Å². The molecule has 4 unspecified atom stereocenters. The molecule has 1 aliphatic heterocycles. The molecule has 2 aliphatic rings.